The van der Waals surface area contributed by atoms with Crippen LogP contribution in [0.4, 0.5) is 0 Å². The molecule has 0 aromatic heterocycles. The first kappa shape index (κ1) is 16.2. The van der Waals surface area contributed by atoms with Crippen molar-refractivity contribution in [3.05, 3.63) is 47.0 Å². The van der Waals surface area contributed by atoms with Crippen LogP contribution in [0.25, 0.3) is 0 Å². The predicted molar refractivity (Wildman–Crippen MR) is 79.2 cm³/mol. The van der Waals surface area contributed by atoms with Crippen molar-refractivity contribution in [2.45, 2.75) is 12.8 Å². The minimum Gasteiger partial charge on any atom is -0.508 e. The van der Waals surface area contributed by atoms with Crippen molar-refractivity contribution in [2.75, 3.05) is 0 Å². The molecular weight excluding hydrogens is 304 g/mol. The number of aromatic carboxylic acids is 1. The molecule has 0 spiro atoms. The molecule has 7 heteroatoms. The fraction of sp³-hybridized carbons (Fsp3) is 0.125. The number of phenolic OH excluding ortho intramolecular Hbond substituents is 4. The topological polar surface area (TPSA) is 135 Å². The van der Waals surface area contributed by atoms with Crippen LogP contribution in [0, 0.1) is 0 Å². The quantitative estimate of drug-likeness (QED) is 0.532. The van der Waals surface area contributed by atoms with Gasteiger partial charge in [-0.1, -0.05) is 6.07 Å². The highest BCUT2D eigenvalue weighted by molar-refractivity contribution is 6.01. The van der Waals surface area contributed by atoms with Gasteiger partial charge in [-0.05, 0) is 24.1 Å². The van der Waals surface area contributed by atoms with E-state index in [-0.39, 0.29) is 35.5 Å². The summed E-state index contributed by atoms with van der Waals surface area (Å²) in [5.41, 5.74) is -0.128. The highest BCUT2D eigenvalue weighted by Gasteiger charge is 2.19. The zero-order valence-corrected chi connectivity index (χ0v) is 11.9. The molecule has 0 atom stereocenters. The summed E-state index contributed by atoms with van der Waals surface area (Å²) >= 11 is 0. The first-order valence-corrected chi connectivity index (χ1v) is 6.63. The summed E-state index contributed by atoms with van der Waals surface area (Å²) in [6.07, 6.45) is -0.128. The van der Waals surface area contributed by atoms with Gasteiger partial charge in [-0.25, -0.2) is 4.79 Å². The average molecular weight is 318 g/mol. The molecule has 2 aromatic carbocycles. The molecule has 0 unspecified atom stereocenters. The summed E-state index contributed by atoms with van der Waals surface area (Å²) in [5.74, 6) is -3.55. The molecule has 2 rings (SSSR count). The number of phenols is 4. The van der Waals surface area contributed by atoms with Crippen molar-refractivity contribution < 1.29 is 35.1 Å². The Morgan fingerprint density at radius 3 is 2.04 bits per heavy atom. The van der Waals surface area contributed by atoms with Gasteiger partial charge in [0.15, 0.2) is 5.78 Å². The molecule has 0 aliphatic rings. The summed E-state index contributed by atoms with van der Waals surface area (Å²) in [4.78, 5) is 23.3. The molecule has 23 heavy (non-hydrogen) atoms. The molecule has 0 amide bonds. The maximum absolute atomic E-state index is 12.1. The fourth-order valence-electron chi connectivity index (χ4n) is 2.24. The third-order valence-electron chi connectivity index (χ3n) is 3.31. The third-order valence-corrected chi connectivity index (χ3v) is 3.31. The van der Waals surface area contributed by atoms with E-state index in [1.54, 1.807) is 0 Å². The highest BCUT2D eigenvalue weighted by atomic mass is 16.4. The lowest BCUT2D eigenvalue weighted by Crippen LogP contribution is -2.06. The van der Waals surface area contributed by atoms with Gasteiger partial charge in [0.25, 0.3) is 0 Å². The Morgan fingerprint density at radius 1 is 0.870 bits per heavy atom. The standard InChI is InChI=1S/C16H14O7/c17-9-3-1-8(11(5-9)16(22)23)2-4-12(19)15-13(20)6-10(18)7-14(15)21/h1,3,5-7,17-18,20-21H,2,4H2,(H,22,23). The molecule has 0 fully saturated rings. The van der Waals surface area contributed by atoms with E-state index in [2.05, 4.69) is 0 Å². The van der Waals surface area contributed by atoms with E-state index < -0.39 is 23.3 Å². The van der Waals surface area contributed by atoms with E-state index in [9.17, 15) is 30.0 Å². The van der Waals surface area contributed by atoms with Crippen LogP contribution in [0.1, 0.15) is 32.7 Å². The molecular formula is C16H14O7. The van der Waals surface area contributed by atoms with Crippen LogP contribution < -0.4 is 0 Å². The van der Waals surface area contributed by atoms with E-state index >= 15 is 0 Å². The van der Waals surface area contributed by atoms with Gasteiger partial charge in [0, 0.05) is 18.6 Å². The molecule has 7 nitrogen and oxygen atoms in total. The number of carbonyl (C=O) groups is 2. The molecule has 0 radical (unpaired) electrons. The summed E-state index contributed by atoms with van der Waals surface area (Å²) in [6.45, 7) is 0. The molecule has 0 heterocycles. The summed E-state index contributed by atoms with van der Waals surface area (Å²) < 4.78 is 0. The van der Waals surface area contributed by atoms with Gasteiger partial charge < -0.3 is 25.5 Å². The molecule has 0 saturated heterocycles. The zero-order chi connectivity index (χ0) is 17.1. The van der Waals surface area contributed by atoms with Crippen LogP contribution in [0.5, 0.6) is 23.0 Å². The molecule has 0 saturated carbocycles. The van der Waals surface area contributed by atoms with Crippen molar-refractivity contribution in [1.82, 2.24) is 0 Å². The van der Waals surface area contributed by atoms with Crippen molar-refractivity contribution in [3.63, 3.8) is 0 Å². The Balaban J connectivity index is 2.22. The van der Waals surface area contributed by atoms with Crippen LogP contribution in [0.2, 0.25) is 0 Å². The molecule has 2 aromatic rings. The largest absolute Gasteiger partial charge is 0.508 e. The minimum atomic E-state index is -1.24. The molecule has 120 valence electrons. The maximum atomic E-state index is 12.1. The van der Waals surface area contributed by atoms with Gasteiger partial charge in [-0.15, -0.1) is 0 Å². The second-order valence-electron chi connectivity index (χ2n) is 4.93. The number of aryl methyl sites for hydroxylation is 1. The van der Waals surface area contributed by atoms with Crippen LogP contribution in [-0.2, 0) is 6.42 Å². The van der Waals surface area contributed by atoms with Gasteiger partial charge in [0.1, 0.15) is 28.6 Å². The molecule has 0 bridgehead atoms. The Morgan fingerprint density at radius 2 is 1.48 bits per heavy atom. The van der Waals surface area contributed by atoms with Crippen molar-refractivity contribution in [1.29, 1.82) is 0 Å². The number of benzene rings is 2. The molecule has 5 N–H and O–H groups in total. The van der Waals surface area contributed by atoms with E-state index in [1.165, 1.54) is 12.1 Å². The van der Waals surface area contributed by atoms with E-state index in [4.69, 9.17) is 5.11 Å². The molecule has 0 aliphatic carbocycles. The number of hydrogen-bond donors (Lipinski definition) is 5. The maximum Gasteiger partial charge on any atom is 0.336 e. The Hall–Kier alpha value is -3.22. The van der Waals surface area contributed by atoms with Crippen LogP contribution >= 0.6 is 0 Å². The first-order chi connectivity index (χ1) is 10.8. The third kappa shape index (κ3) is 3.52. The van der Waals surface area contributed by atoms with Gasteiger partial charge in [-0.2, -0.15) is 0 Å². The first-order valence-electron chi connectivity index (χ1n) is 6.63. The Kier molecular flexibility index (Phi) is 4.40. The van der Waals surface area contributed by atoms with Crippen LogP contribution in [-0.4, -0.2) is 37.3 Å². The predicted octanol–water partition coefficient (Wildman–Crippen LogP) is 2.02. The number of carboxylic acid groups (broad SMARTS) is 1. The van der Waals surface area contributed by atoms with Gasteiger partial charge >= 0.3 is 5.97 Å². The minimum absolute atomic E-state index is 0.0422. The summed E-state index contributed by atoms with van der Waals surface area (Å²) in [6, 6.07) is 5.63. The van der Waals surface area contributed by atoms with Gasteiger partial charge in [0.05, 0.1) is 5.56 Å². The van der Waals surface area contributed by atoms with E-state index in [0.717, 1.165) is 18.2 Å². The number of aromatic hydroxyl groups is 4. The Bertz CT molecular complexity index is 757. The lowest BCUT2D eigenvalue weighted by Gasteiger charge is -2.09. The number of hydrogen-bond acceptors (Lipinski definition) is 6. The van der Waals surface area contributed by atoms with Crippen molar-refractivity contribution >= 4 is 11.8 Å². The van der Waals surface area contributed by atoms with Crippen molar-refractivity contribution in [3.8, 4) is 23.0 Å². The molecule has 0 aliphatic heterocycles. The number of rotatable bonds is 5. The van der Waals surface area contributed by atoms with Gasteiger partial charge in [0.2, 0.25) is 0 Å². The van der Waals surface area contributed by atoms with Crippen LogP contribution in [0.3, 0.4) is 0 Å². The van der Waals surface area contributed by atoms with Crippen LogP contribution in [0.15, 0.2) is 30.3 Å². The number of carbonyl (C=O) groups excluding carboxylic acids is 1. The van der Waals surface area contributed by atoms with Gasteiger partial charge in [-0.3, -0.25) is 4.79 Å². The lowest BCUT2D eigenvalue weighted by atomic mass is 9.98. The smallest absolute Gasteiger partial charge is 0.336 e. The number of Topliss-reactive ketones (excluding diaryl/α,β-unsaturated/α-hetero) is 1. The fourth-order valence-corrected chi connectivity index (χ4v) is 2.24. The second-order valence-corrected chi connectivity index (χ2v) is 4.93. The average Bonchev–Trinajstić information content (AvgIpc) is 2.44. The number of carboxylic acids is 1. The van der Waals surface area contributed by atoms with E-state index in [0.29, 0.717) is 5.56 Å². The number of ketones is 1. The monoisotopic (exact) mass is 318 g/mol. The highest BCUT2D eigenvalue weighted by Crippen LogP contribution is 2.33. The Labute approximate surface area is 130 Å². The lowest BCUT2D eigenvalue weighted by molar-refractivity contribution is 0.0694. The normalized spacial score (nSPS) is 10.4. The zero-order valence-electron chi connectivity index (χ0n) is 11.9. The summed E-state index contributed by atoms with van der Waals surface area (Å²) in [7, 11) is 0. The SMILES string of the molecule is O=C(O)c1cc(O)ccc1CCC(=O)c1c(O)cc(O)cc1O. The second kappa shape index (κ2) is 6.27. The summed E-state index contributed by atoms with van der Waals surface area (Å²) in [5, 5.41) is 46.9. The van der Waals surface area contributed by atoms with Crippen molar-refractivity contribution in [2.24, 2.45) is 0 Å². The van der Waals surface area contributed by atoms with E-state index in [1.807, 2.05) is 0 Å².